The van der Waals surface area contributed by atoms with Gasteiger partial charge in [-0.15, -0.1) is 0 Å². The lowest BCUT2D eigenvalue weighted by atomic mass is 10.1. The van der Waals surface area contributed by atoms with Crippen LogP contribution in [0.3, 0.4) is 0 Å². The lowest BCUT2D eigenvalue weighted by Crippen LogP contribution is -2.35. The molecule has 1 atom stereocenters. The van der Waals surface area contributed by atoms with Crippen LogP contribution >= 0.6 is 11.6 Å². The van der Waals surface area contributed by atoms with Gasteiger partial charge >= 0.3 is 0 Å². The maximum Gasteiger partial charge on any atom is 0.296 e. The van der Waals surface area contributed by atoms with E-state index in [0.717, 1.165) is 12.1 Å². The molecule has 6 heteroatoms. The monoisotopic (exact) mass is 310 g/mol. The Kier molecular flexibility index (Phi) is 4.85. The number of anilines is 2. The molecule has 0 saturated carbocycles. The molecule has 1 aromatic rings. The first-order chi connectivity index (χ1) is 9.99. The van der Waals surface area contributed by atoms with Gasteiger partial charge in [0.25, 0.3) is 11.7 Å². The fraction of sp³-hybridized carbons (Fsp3) is 0.467. The van der Waals surface area contributed by atoms with E-state index in [-0.39, 0.29) is 6.04 Å². The number of methoxy groups -OCH3 is 1. The number of rotatable bonds is 6. The van der Waals surface area contributed by atoms with Crippen LogP contribution in [0.5, 0.6) is 0 Å². The quantitative estimate of drug-likeness (QED) is 0.821. The highest BCUT2D eigenvalue weighted by atomic mass is 35.5. The van der Waals surface area contributed by atoms with Crippen molar-refractivity contribution in [3.05, 3.63) is 22.7 Å². The van der Waals surface area contributed by atoms with E-state index in [4.69, 9.17) is 16.3 Å². The standard InChI is InChI=1S/C15H19ClN2O3/c1-4-9(2)18(5-6-21-3)13-8-12-10(7-11(13)16)14(19)15(20)17-12/h7-9H,4-6H2,1-3H3,(H,17,19,20). The molecular formula is C15H19ClN2O3. The van der Waals surface area contributed by atoms with Crippen molar-refractivity contribution < 1.29 is 14.3 Å². The average molecular weight is 311 g/mol. The van der Waals surface area contributed by atoms with Crippen LogP contribution in [0.2, 0.25) is 5.02 Å². The van der Waals surface area contributed by atoms with Crippen LogP contribution in [0.4, 0.5) is 11.4 Å². The van der Waals surface area contributed by atoms with E-state index in [9.17, 15) is 9.59 Å². The van der Waals surface area contributed by atoms with E-state index in [1.807, 2.05) is 0 Å². The summed E-state index contributed by atoms with van der Waals surface area (Å²) in [7, 11) is 1.65. The Morgan fingerprint density at radius 3 is 2.71 bits per heavy atom. The van der Waals surface area contributed by atoms with Gasteiger partial charge in [0, 0.05) is 19.7 Å². The molecule has 0 radical (unpaired) electrons. The van der Waals surface area contributed by atoms with E-state index in [0.29, 0.717) is 29.4 Å². The second-order valence-electron chi connectivity index (χ2n) is 5.08. The molecule has 1 aromatic carbocycles. The average Bonchev–Trinajstić information content (AvgIpc) is 2.74. The number of nitrogens with zero attached hydrogens (tertiary/aromatic N) is 1. The topological polar surface area (TPSA) is 58.6 Å². The van der Waals surface area contributed by atoms with Crippen LogP contribution in [0.25, 0.3) is 0 Å². The van der Waals surface area contributed by atoms with Crippen LogP contribution in [0.1, 0.15) is 30.6 Å². The zero-order chi connectivity index (χ0) is 15.6. The molecule has 1 N–H and O–H groups in total. The normalized spacial score (nSPS) is 14.9. The predicted molar refractivity (Wildman–Crippen MR) is 83.4 cm³/mol. The number of ketones is 1. The Morgan fingerprint density at radius 1 is 1.38 bits per heavy atom. The van der Waals surface area contributed by atoms with Crippen LogP contribution < -0.4 is 10.2 Å². The van der Waals surface area contributed by atoms with Gasteiger partial charge in [-0.1, -0.05) is 18.5 Å². The van der Waals surface area contributed by atoms with Gasteiger partial charge in [0.15, 0.2) is 0 Å². The van der Waals surface area contributed by atoms with Gasteiger partial charge in [0.1, 0.15) is 0 Å². The molecule has 0 aliphatic carbocycles. The summed E-state index contributed by atoms with van der Waals surface area (Å²) >= 11 is 6.32. The Hall–Kier alpha value is -1.59. The number of fused-ring (bicyclic) bond motifs is 1. The van der Waals surface area contributed by atoms with Crippen molar-refractivity contribution in [3.8, 4) is 0 Å². The van der Waals surface area contributed by atoms with Crippen molar-refractivity contribution in [2.24, 2.45) is 0 Å². The summed E-state index contributed by atoms with van der Waals surface area (Å²) in [5.74, 6) is -1.14. The first kappa shape index (κ1) is 15.8. The van der Waals surface area contributed by atoms with Crippen LogP contribution in [0.15, 0.2) is 12.1 Å². The van der Waals surface area contributed by atoms with Gasteiger partial charge in [-0.05, 0) is 25.5 Å². The number of benzene rings is 1. The number of hydrogen-bond donors (Lipinski definition) is 1. The maximum atomic E-state index is 11.7. The molecule has 5 nitrogen and oxygen atoms in total. The van der Waals surface area contributed by atoms with Crippen LogP contribution in [0, 0.1) is 0 Å². The molecule has 0 aromatic heterocycles. The fourth-order valence-corrected chi connectivity index (χ4v) is 2.64. The number of ether oxygens (including phenoxy) is 1. The van der Waals surface area contributed by atoms with Crippen molar-refractivity contribution in [1.82, 2.24) is 0 Å². The number of carbonyl (C=O) groups is 2. The van der Waals surface area contributed by atoms with Gasteiger partial charge in [-0.3, -0.25) is 9.59 Å². The number of Topliss-reactive ketones (excluding diaryl/α,β-unsaturated/α-hetero) is 1. The summed E-state index contributed by atoms with van der Waals surface area (Å²) in [6.45, 7) is 5.45. The number of nitrogens with one attached hydrogen (secondary N) is 1. The van der Waals surface area contributed by atoms with E-state index < -0.39 is 11.7 Å². The van der Waals surface area contributed by atoms with E-state index >= 15 is 0 Å². The van der Waals surface area contributed by atoms with Crippen molar-refractivity contribution in [3.63, 3.8) is 0 Å². The highest BCUT2D eigenvalue weighted by Crippen LogP contribution is 2.36. The fourth-order valence-electron chi connectivity index (χ4n) is 2.36. The molecule has 1 aliphatic rings. The molecule has 21 heavy (non-hydrogen) atoms. The first-order valence-corrected chi connectivity index (χ1v) is 7.32. The Balaban J connectivity index is 2.40. The highest BCUT2D eigenvalue weighted by Gasteiger charge is 2.30. The maximum absolute atomic E-state index is 11.7. The first-order valence-electron chi connectivity index (χ1n) is 6.94. The molecule has 1 heterocycles. The van der Waals surface area contributed by atoms with Crippen LogP contribution in [-0.4, -0.2) is 38.0 Å². The predicted octanol–water partition coefficient (Wildman–Crippen LogP) is 2.73. The lowest BCUT2D eigenvalue weighted by molar-refractivity contribution is -0.112. The summed E-state index contributed by atoms with van der Waals surface area (Å²) in [5.41, 5.74) is 1.66. The molecule has 0 saturated heterocycles. The molecule has 0 bridgehead atoms. The minimum absolute atomic E-state index is 0.267. The number of halogens is 1. The minimum Gasteiger partial charge on any atom is -0.383 e. The van der Waals surface area contributed by atoms with E-state index in [1.54, 1.807) is 19.2 Å². The molecule has 1 amide bonds. The van der Waals surface area contributed by atoms with Crippen molar-refractivity contribution in [2.75, 3.05) is 30.5 Å². The van der Waals surface area contributed by atoms with Crippen molar-refractivity contribution >= 4 is 34.7 Å². The van der Waals surface area contributed by atoms with Gasteiger partial charge in [-0.2, -0.15) is 0 Å². The van der Waals surface area contributed by atoms with Gasteiger partial charge < -0.3 is 15.0 Å². The number of hydrogen-bond acceptors (Lipinski definition) is 4. The Bertz CT molecular complexity index is 574. The third-order valence-electron chi connectivity index (χ3n) is 3.75. The van der Waals surface area contributed by atoms with Gasteiger partial charge in [-0.25, -0.2) is 0 Å². The van der Waals surface area contributed by atoms with Crippen molar-refractivity contribution in [2.45, 2.75) is 26.3 Å². The third kappa shape index (κ3) is 3.04. The molecule has 114 valence electrons. The second kappa shape index (κ2) is 6.45. The summed E-state index contributed by atoms with van der Waals surface area (Å²) in [4.78, 5) is 25.3. The molecule has 1 unspecified atom stereocenters. The molecule has 0 fully saturated rings. The summed E-state index contributed by atoms with van der Waals surface area (Å²) in [5, 5.41) is 3.05. The smallest absolute Gasteiger partial charge is 0.296 e. The SMILES string of the molecule is CCC(C)N(CCOC)c1cc2c(cc1Cl)C(=O)C(=O)N2. The Labute approximate surface area is 129 Å². The number of amides is 1. The van der Waals surface area contributed by atoms with Crippen LogP contribution in [-0.2, 0) is 9.53 Å². The zero-order valence-electron chi connectivity index (χ0n) is 12.4. The second-order valence-corrected chi connectivity index (χ2v) is 5.48. The molecule has 2 rings (SSSR count). The third-order valence-corrected chi connectivity index (χ3v) is 4.06. The highest BCUT2D eigenvalue weighted by molar-refractivity contribution is 6.52. The summed E-state index contributed by atoms with van der Waals surface area (Å²) in [6, 6.07) is 3.60. The molecule has 0 spiro atoms. The minimum atomic E-state index is -0.606. The zero-order valence-corrected chi connectivity index (χ0v) is 13.2. The summed E-state index contributed by atoms with van der Waals surface area (Å²) in [6.07, 6.45) is 0.947. The van der Waals surface area contributed by atoms with Crippen molar-refractivity contribution in [1.29, 1.82) is 0 Å². The lowest BCUT2D eigenvalue weighted by Gasteiger charge is -2.31. The van der Waals surface area contributed by atoms with E-state index in [2.05, 4.69) is 24.1 Å². The molecule has 1 aliphatic heterocycles. The largest absolute Gasteiger partial charge is 0.383 e. The van der Waals surface area contributed by atoms with E-state index in [1.165, 1.54) is 0 Å². The van der Waals surface area contributed by atoms with Gasteiger partial charge in [0.05, 0.1) is 28.6 Å². The molecular weight excluding hydrogens is 292 g/mol. The number of carbonyl (C=O) groups excluding carboxylic acids is 2. The van der Waals surface area contributed by atoms with Gasteiger partial charge in [0.2, 0.25) is 0 Å². The Morgan fingerprint density at radius 2 is 2.10 bits per heavy atom. The summed E-state index contributed by atoms with van der Waals surface area (Å²) < 4.78 is 5.15.